The Kier molecular flexibility index (Phi) is 6.18. The smallest absolute Gasteiger partial charge is 0.422 e. The molecule has 0 bridgehead atoms. The summed E-state index contributed by atoms with van der Waals surface area (Å²) in [5.41, 5.74) is 4.26. The highest BCUT2D eigenvalue weighted by Crippen LogP contribution is 2.66. The van der Waals surface area contributed by atoms with Crippen LogP contribution in [0.2, 0.25) is 0 Å². The molecule has 13 heteroatoms. The van der Waals surface area contributed by atoms with Crippen LogP contribution in [0.25, 0.3) is 0 Å². The molecule has 35 heavy (non-hydrogen) atoms. The molecular weight excluding hydrogens is 498 g/mol. The molecule has 1 aromatic heterocycles. The van der Waals surface area contributed by atoms with Crippen molar-refractivity contribution in [3.63, 3.8) is 0 Å². The van der Waals surface area contributed by atoms with Gasteiger partial charge in [-0.2, -0.15) is 13.2 Å². The molecule has 2 heterocycles. The largest absolute Gasteiger partial charge is 0.482 e. The molecule has 188 valence electrons. The SMILES string of the molecule is Cc1cc(OCC(F)(F)F)cnc1C(=O)Nc1cc(F)c(F)c([C@@]2(C)N=C(N)S[C@@]3(CF)CC32)c1. The number of benzene rings is 1. The summed E-state index contributed by atoms with van der Waals surface area (Å²) in [6.45, 7) is 0.742. The molecule has 0 radical (unpaired) electrons. The first kappa shape index (κ1) is 25.1. The van der Waals surface area contributed by atoms with Gasteiger partial charge in [0.05, 0.1) is 16.5 Å². The van der Waals surface area contributed by atoms with E-state index in [0.717, 1.165) is 24.0 Å². The van der Waals surface area contributed by atoms with Gasteiger partial charge >= 0.3 is 6.18 Å². The Balaban J connectivity index is 1.60. The summed E-state index contributed by atoms with van der Waals surface area (Å²) in [5.74, 6) is -3.86. The Morgan fingerprint density at radius 2 is 2.03 bits per heavy atom. The Bertz CT molecular complexity index is 1220. The number of amidine groups is 1. The van der Waals surface area contributed by atoms with Crippen molar-refractivity contribution in [3.8, 4) is 5.75 Å². The molecule has 1 saturated carbocycles. The maximum atomic E-state index is 14.9. The molecular formula is C22H20F6N4O2S. The van der Waals surface area contributed by atoms with Crippen molar-refractivity contribution in [1.82, 2.24) is 4.98 Å². The van der Waals surface area contributed by atoms with Crippen LogP contribution >= 0.6 is 11.8 Å². The van der Waals surface area contributed by atoms with Crippen LogP contribution in [-0.4, -0.2) is 40.3 Å². The molecule has 2 aromatic rings. The predicted molar refractivity (Wildman–Crippen MR) is 118 cm³/mol. The molecule has 4 rings (SSSR count). The van der Waals surface area contributed by atoms with Gasteiger partial charge in [0.1, 0.15) is 18.1 Å². The van der Waals surface area contributed by atoms with Crippen molar-refractivity contribution < 1.29 is 35.9 Å². The number of nitrogens with one attached hydrogen (secondary N) is 1. The molecule has 1 aliphatic carbocycles. The quantitative estimate of drug-likeness (QED) is 0.533. The molecule has 1 unspecified atom stereocenters. The Hall–Kier alpha value is -2.96. The first-order valence-electron chi connectivity index (χ1n) is 10.4. The third-order valence-electron chi connectivity index (χ3n) is 6.08. The van der Waals surface area contributed by atoms with Gasteiger partial charge in [-0.1, -0.05) is 11.8 Å². The van der Waals surface area contributed by atoms with Gasteiger partial charge < -0.3 is 15.8 Å². The summed E-state index contributed by atoms with van der Waals surface area (Å²) in [5, 5.41) is 2.47. The fraction of sp³-hybridized carbons (Fsp3) is 0.409. The zero-order valence-corrected chi connectivity index (χ0v) is 19.3. The van der Waals surface area contributed by atoms with Crippen LogP contribution in [0.3, 0.4) is 0 Å². The number of alkyl halides is 4. The van der Waals surface area contributed by atoms with E-state index in [2.05, 4.69) is 20.0 Å². The summed E-state index contributed by atoms with van der Waals surface area (Å²) >= 11 is 1.08. The maximum Gasteiger partial charge on any atom is 0.422 e. The second-order valence-electron chi connectivity index (χ2n) is 8.67. The zero-order chi connectivity index (χ0) is 25.8. The van der Waals surface area contributed by atoms with Crippen LogP contribution in [0.15, 0.2) is 29.4 Å². The van der Waals surface area contributed by atoms with E-state index in [-0.39, 0.29) is 33.4 Å². The standard InChI is InChI=1S/C22H20F6N4O2S/c1-10-3-12(34-9-22(26,27)28)7-30-17(10)18(33)31-11-4-13(16(25)14(24)5-11)20(2)15-6-21(15,8-23)35-19(29)32-20/h3-5,7,15H,6,8-9H2,1-2H3,(H2,29,32)(H,31,33)/t15?,20-,21-/m1/s1. The summed E-state index contributed by atoms with van der Waals surface area (Å²) < 4.78 is 83.9. The van der Waals surface area contributed by atoms with E-state index in [1.54, 1.807) is 0 Å². The number of nitrogens with two attached hydrogens (primary N) is 1. The van der Waals surface area contributed by atoms with Crippen LogP contribution in [-0.2, 0) is 5.54 Å². The van der Waals surface area contributed by atoms with Gasteiger partial charge in [-0.05, 0) is 38.0 Å². The molecule has 1 aliphatic heterocycles. The number of hydrogen-bond acceptors (Lipinski definition) is 6. The van der Waals surface area contributed by atoms with Crippen molar-refractivity contribution >= 4 is 28.5 Å². The lowest BCUT2D eigenvalue weighted by Gasteiger charge is -2.33. The van der Waals surface area contributed by atoms with Gasteiger partial charge in [-0.3, -0.25) is 9.79 Å². The minimum absolute atomic E-state index is 0.0563. The number of halogens is 6. The molecule has 1 fully saturated rings. The minimum Gasteiger partial charge on any atom is -0.482 e. The Morgan fingerprint density at radius 1 is 1.31 bits per heavy atom. The summed E-state index contributed by atoms with van der Waals surface area (Å²) in [7, 11) is 0. The number of carbonyl (C=O) groups is 1. The average molecular weight is 518 g/mol. The number of amides is 1. The summed E-state index contributed by atoms with van der Waals surface area (Å²) in [6, 6.07) is 3.18. The van der Waals surface area contributed by atoms with E-state index in [1.165, 1.54) is 26.0 Å². The molecule has 3 atom stereocenters. The van der Waals surface area contributed by atoms with Crippen molar-refractivity contribution in [2.75, 3.05) is 18.6 Å². The highest BCUT2D eigenvalue weighted by Gasteiger charge is 2.66. The van der Waals surface area contributed by atoms with E-state index < -0.39 is 53.2 Å². The van der Waals surface area contributed by atoms with E-state index in [1.807, 2.05) is 0 Å². The number of thioether (sulfide) groups is 1. The topological polar surface area (TPSA) is 89.6 Å². The van der Waals surface area contributed by atoms with Crippen LogP contribution < -0.4 is 15.8 Å². The fourth-order valence-electron chi connectivity index (χ4n) is 4.32. The number of rotatable bonds is 6. The summed E-state index contributed by atoms with van der Waals surface area (Å²) in [4.78, 5) is 20.9. The molecule has 6 nitrogen and oxygen atoms in total. The van der Waals surface area contributed by atoms with Gasteiger partial charge in [0, 0.05) is 23.2 Å². The van der Waals surface area contributed by atoms with Crippen LogP contribution in [0.5, 0.6) is 5.75 Å². The van der Waals surface area contributed by atoms with Gasteiger partial charge in [0.15, 0.2) is 23.4 Å². The lowest BCUT2D eigenvalue weighted by Crippen LogP contribution is -2.37. The number of hydrogen-bond donors (Lipinski definition) is 2. The number of aryl methyl sites for hydroxylation is 1. The molecule has 3 N–H and O–H groups in total. The second kappa shape index (κ2) is 8.61. The van der Waals surface area contributed by atoms with Crippen molar-refractivity contribution in [3.05, 3.63) is 52.9 Å². The number of aliphatic imine (C=N–C) groups is 1. The third-order valence-corrected chi connectivity index (χ3v) is 7.35. The Morgan fingerprint density at radius 3 is 2.66 bits per heavy atom. The van der Waals surface area contributed by atoms with Gasteiger partial charge in [0.25, 0.3) is 5.91 Å². The molecule has 0 spiro atoms. The molecule has 1 aromatic carbocycles. The average Bonchev–Trinajstić information content (AvgIpc) is 3.50. The third kappa shape index (κ3) is 4.78. The summed E-state index contributed by atoms with van der Waals surface area (Å²) in [6.07, 6.45) is -3.22. The molecule has 2 aliphatic rings. The van der Waals surface area contributed by atoms with Crippen molar-refractivity contribution in [2.24, 2.45) is 16.6 Å². The van der Waals surface area contributed by atoms with E-state index in [4.69, 9.17) is 5.73 Å². The van der Waals surface area contributed by atoms with Crippen molar-refractivity contribution in [1.29, 1.82) is 0 Å². The monoisotopic (exact) mass is 518 g/mol. The lowest BCUT2D eigenvalue weighted by molar-refractivity contribution is -0.153. The lowest BCUT2D eigenvalue weighted by atomic mass is 9.85. The van der Waals surface area contributed by atoms with E-state index >= 15 is 0 Å². The number of fused-ring (bicyclic) bond motifs is 1. The molecule has 1 amide bonds. The van der Waals surface area contributed by atoms with Crippen LogP contribution in [0, 0.1) is 24.5 Å². The minimum atomic E-state index is -4.54. The van der Waals surface area contributed by atoms with E-state index in [9.17, 15) is 31.1 Å². The highest BCUT2D eigenvalue weighted by atomic mass is 32.2. The molecule has 0 saturated heterocycles. The highest BCUT2D eigenvalue weighted by molar-refractivity contribution is 8.15. The van der Waals surface area contributed by atoms with Gasteiger partial charge in [-0.25, -0.2) is 18.2 Å². The van der Waals surface area contributed by atoms with Crippen molar-refractivity contribution in [2.45, 2.75) is 36.7 Å². The number of carbonyl (C=O) groups excluding carboxylic acids is 1. The number of pyridine rings is 1. The number of ether oxygens (including phenoxy) is 1. The first-order chi connectivity index (χ1) is 16.3. The van der Waals surface area contributed by atoms with Crippen LogP contribution in [0.4, 0.5) is 32.0 Å². The normalized spacial score (nSPS) is 25.5. The Labute approximate surface area is 200 Å². The number of nitrogens with zero attached hydrogens (tertiary/aromatic N) is 2. The van der Waals surface area contributed by atoms with Crippen LogP contribution in [0.1, 0.15) is 35.0 Å². The number of aromatic nitrogens is 1. The van der Waals surface area contributed by atoms with E-state index in [0.29, 0.717) is 6.42 Å². The zero-order valence-electron chi connectivity index (χ0n) is 18.5. The number of anilines is 1. The second-order valence-corrected chi connectivity index (χ2v) is 10.1. The fourth-order valence-corrected chi connectivity index (χ4v) is 5.65. The predicted octanol–water partition coefficient (Wildman–Crippen LogP) is 4.87. The van der Waals surface area contributed by atoms with Gasteiger partial charge in [0.2, 0.25) is 0 Å². The van der Waals surface area contributed by atoms with Gasteiger partial charge in [-0.15, -0.1) is 0 Å². The first-order valence-corrected chi connectivity index (χ1v) is 11.2. The maximum absolute atomic E-state index is 14.9.